The van der Waals surface area contributed by atoms with Gasteiger partial charge in [-0.3, -0.25) is 0 Å². The summed E-state index contributed by atoms with van der Waals surface area (Å²) < 4.78 is 0. The molecule has 1 unspecified atom stereocenters. The van der Waals surface area contributed by atoms with E-state index >= 15 is 0 Å². The molecule has 1 saturated carbocycles. The number of aryl methyl sites for hydroxylation is 1. The van der Waals surface area contributed by atoms with Crippen molar-refractivity contribution in [3.8, 4) is 5.75 Å². The monoisotopic (exact) mass is 217 g/mol. The molecule has 2 nitrogen and oxygen atoms in total. The summed E-state index contributed by atoms with van der Waals surface area (Å²) in [6.07, 6.45) is 7.57. The van der Waals surface area contributed by atoms with E-state index in [0.29, 0.717) is 11.8 Å². The fraction of sp³-hybridized carbons (Fsp3) is 0.571. The fourth-order valence-corrected chi connectivity index (χ4v) is 2.79. The van der Waals surface area contributed by atoms with Gasteiger partial charge in [0.05, 0.1) is 0 Å². The first-order valence-electron chi connectivity index (χ1n) is 6.38. The molecule has 0 heterocycles. The molecule has 1 fully saturated rings. The molecule has 16 heavy (non-hydrogen) atoms. The van der Waals surface area contributed by atoms with Crippen molar-refractivity contribution in [2.24, 2.45) is 0 Å². The van der Waals surface area contributed by atoms with Crippen molar-refractivity contribution in [2.45, 2.75) is 50.6 Å². The smallest absolute Gasteiger partial charge is 0.115 e. The highest BCUT2D eigenvalue weighted by molar-refractivity contribution is 5.37. The van der Waals surface area contributed by atoms with E-state index in [2.05, 4.69) is 11.4 Å². The van der Waals surface area contributed by atoms with Gasteiger partial charge >= 0.3 is 0 Å². The summed E-state index contributed by atoms with van der Waals surface area (Å²) in [5.41, 5.74) is 2.76. The van der Waals surface area contributed by atoms with Gasteiger partial charge in [0.2, 0.25) is 0 Å². The standard InChI is InChI=1S/C14H19NO/c16-14-7-5-10-4-6-13(8-11(10)9-14)15-12-2-1-3-12/h5,7,9,12-13,15-16H,1-4,6,8H2. The zero-order valence-electron chi connectivity index (χ0n) is 9.58. The van der Waals surface area contributed by atoms with E-state index in [9.17, 15) is 5.11 Å². The summed E-state index contributed by atoms with van der Waals surface area (Å²) in [5.74, 6) is 0.406. The summed E-state index contributed by atoms with van der Waals surface area (Å²) >= 11 is 0. The summed E-state index contributed by atoms with van der Waals surface area (Å²) in [7, 11) is 0. The van der Waals surface area contributed by atoms with Gasteiger partial charge in [0.15, 0.2) is 0 Å². The lowest BCUT2D eigenvalue weighted by Crippen LogP contribution is -2.44. The molecule has 2 aliphatic rings. The number of nitrogens with one attached hydrogen (secondary N) is 1. The Labute approximate surface area is 96.7 Å². The molecule has 0 radical (unpaired) electrons. The van der Waals surface area contributed by atoms with Gasteiger partial charge in [-0.25, -0.2) is 0 Å². The summed E-state index contributed by atoms with van der Waals surface area (Å²) in [4.78, 5) is 0. The van der Waals surface area contributed by atoms with Gasteiger partial charge in [-0.2, -0.15) is 0 Å². The Hall–Kier alpha value is -1.02. The first-order valence-corrected chi connectivity index (χ1v) is 6.38. The van der Waals surface area contributed by atoms with E-state index in [1.807, 2.05) is 6.07 Å². The number of rotatable bonds is 2. The number of phenolic OH excluding ortho intramolecular Hbond substituents is 1. The van der Waals surface area contributed by atoms with Crippen LogP contribution < -0.4 is 5.32 Å². The third-order valence-electron chi connectivity index (χ3n) is 3.99. The zero-order valence-corrected chi connectivity index (χ0v) is 9.58. The van der Waals surface area contributed by atoms with Crippen LogP contribution in [0, 0.1) is 0 Å². The van der Waals surface area contributed by atoms with Crippen LogP contribution in [-0.2, 0) is 12.8 Å². The van der Waals surface area contributed by atoms with Crippen LogP contribution in [0.15, 0.2) is 18.2 Å². The second-order valence-corrected chi connectivity index (χ2v) is 5.19. The molecule has 0 aromatic heterocycles. The Morgan fingerprint density at radius 2 is 1.94 bits per heavy atom. The molecule has 0 spiro atoms. The third kappa shape index (κ3) is 1.94. The number of benzene rings is 1. The third-order valence-corrected chi connectivity index (χ3v) is 3.99. The Bertz CT molecular complexity index is 384. The van der Waals surface area contributed by atoms with Gasteiger partial charge in [-0.15, -0.1) is 0 Å². The van der Waals surface area contributed by atoms with Crippen LogP contribution in [0.25, 0.3) is 0 Å². The molecule has 1 atom stereocenters. The quantitative estimate of drug-likeness (QED) is 0.797. The van der Waals surface area contributed by atoms with Gasteiger partial charge in [0, 0.05) is 12.1 Å². The molecular weight excluding hydrogens is 198 g/mol. The highest BCUT2D eigenvalue weighted by Crippen LogP contribution is 2.27. The first kappa shape index (κ1) is 10.2. The molecule has 1 aromatic carbocycles. The van der Waals surface area contributed by atoms with Crippen LogP contribution in [0.2, 0.25) is 0 Å². The first-order chi connectivity index (χ1) is 7.81. The number of hydrogen-bond donors (Lipinski definition) is 2. The molecule has 3 rings (SSSR count). The highest BCUT2D eigenvalue weighted by atomic mass is 16.3. The fourth-order valence-electron chi connectivity index (χ4n) is 2.79. The second-order valence-electron chi connectivity index (χ2n) is 5.19. The number of phenols is 1. The van der Waals surface area contributed by atoms with Crippen LogP contribution in [0.3, 0.4) is 0 Å². The van der Waals surface area contributed by atoms with Gasteiger partial charge in [0.1, 0.15) is 5.75 Å². The van der Waals surface area contributed by atoms with Crippen molar-refractivity contribution >= 4 is 0 Å². The van der Waals surface area contributed by atoms with E-state index in [1.54, 1.807) is 6.07 Å². The van der Waals surface area contributed by atoms with E-state index in [4.69, 9.17) is 0 Å². The van der Waals surface area contributed by atoms with Crippen molar-refractivity contribution in [3.63, 3.8) is 0 Å². The van der Waals surface area contributed by atoms with Crippen LogP contribution in [0.4, 0.5) is 0 Å². The van der Waals surface area contributed by atoms with E-state index in [1.165, 1.54) is 36.8 Å². The molecule has 2 heteroatoms. The molecule has 0 amide bonds. The Morgan fingerprint density at radius 3 is 2.69 bits per heavy atom. The Balaban J connectivity index is 1.69. The molecule has 1 aromatic rings. The topological polar surface area (TPSA) is 32.3 Å². The van der Waals surface area contributed by atoms with Gasteiger partial charge < -0.3 is 10.4 Å². The molecular formula is C14H19NO. The lowest BCUT2D eigenvalue weighted by Gasteiger charge is -2.34. The van der Waals surface area contributed by atoms with E-state index in [-0.39, 0.29) is 0 Å². The average molecular weight is 217 g/mol. The average Bonchev–Trinajstić information content (AvgIpc) is 2.23. The molecule has 2 aliphatic carbocycles. The van der Waals surface area contributed by atoms with Crippen molar-refractivity contribution in [3.05, 3.63) is 29.3 Å². The predicted octanol–water partition coefficient (Wildman–Crippen LogP) is 2.39. The maximum atomic E-state index is 9.49. The Morgan fingerprint density at radius 1 is 1.06 bits per heavy atom. The van der Waals surface area contributed by atoms with Crippen molar-refractivity contribution < 1.29 is 5.11 Å². The minimum atomic E-state index is 0.406. The summed E-state index contributed by atoms with van der Waals surface area (Å²) in [5, 5.41) is 13.2. The number of aromatic hydroxyl groups is 1. The minimum Gasteiger partial charge on any atom is -0.508 e. The van der Waals surface area contributed by atoms with Crippen LogP contribution in [0.5, 0.6) is 5.75 Å². The van der Waals surface area contributed by atoms with Gasteiger partial charge in [-0.05, 0) is 55.4 Å². The second kappa shape index (κ2) is 4.10. The Kier molecular flexibility index (Phi) is 2.60. The van der Waals surface area contributed by atoms with Crippen LogP contribution in [0.1, 0.15) is 36.8 Å². The summed E-state index contributed by atoms with van der Waals surface area (Å²) in [6.45, 7) is 0. The lowest BCUT2D eigenvalue weighted by molar-refractivity contribution is 0.290. The van der Waals surface area contributed by atoms with Crippen LogP contribution in [-0.4, -0.2) is 17.2 Å². The van der Waals surface area contributed by atoms with Gasteiger partial charge in [-0.1, -0.05) is 12.5 Å². The molecule has 0 bridgehead atoms. The zero-order chi connectivity index (χ0) is 11.0. The van der Waals surface area contributed by atoms with Crippen LogP contribution >= 0.6 is 0 Å². The molecule has 0 saturated heterocycles. The maximum absolute atomic E-state index is 9.49. The molecule has 0 aliphatic heterocycles. The van der Waals surface area contributed by atoms with E-state index in [0.717, 1.165) is 18.9 Å². The van der Waals surface area contributed by atoms with Crippen molar-refractivity contribution in [1.29, 1.82) is 0 Å². The number of hydrogen-bond acceptors (Lipinski definition) is 2. The van der Waals surface area contributed by atoms with Crippen molar-refractivity contribution in [2.75, 3.05) is 0 Å². The lowest BCUT2D eigenvalue weighted by atomic mass is 9.85. The predicted molar refractivity (Wildman–Crippen MR) is 64.7 cm³/mol. The number of fused-ring (bicyclic) bond motifs is 1. The molecule has 86 valence electrons. The summed E-state index contributed by atoms with van der Waals surface area (Å²) in [6, 6.07) is 7.20. The van der Waals surface area contributed by atoms with Crippen molar-refractivity contribution in [1.82, 2.24) is 5.32 Å². The van der Waals surface area contributed by atoms with Gasteiger partial charge in [0.25, 0.3) is 0 Å². The minimum absolute atomic E-state index is 0.406. The van der Waals surface area contributed by atoms with E-state index < -0.39 is 0 Å². The molecule has 2 N–H and O–H groups in total. The normalized spacial score (nSPS) is 24.9. The largest absolute Gasteiger partial charge is 0.508 e. The highest BCUT2D eigenvalue weighted by Gasteiger charge is 2.24. The SMILES string of the molecule is Oc1ccc2c(c1)CC(NC1CCC1)CC2. The maximum Gasteiger partial charge on any atom is 0.115 e.